The second-order valence-corrected chi connectivity index (χ2v) is 8.92. The van der Waals surface area contributed by atoms with Crippen LogP contribution < -0.4 is 9.64 Å². The summed E-state index contributed by atoms with van der Waals surface area (Å²) in [4.78, 5) is 26.0. The molecule has 3 aromatic carbocycles. The third-order valence-corrected chi connectivity index (χ3v) is 6.23. The quantitative estimate of drug-likeness (QED) is 0.343. The van der Waals surface area contributed by atoms with E-state index in [1.807, 2.05) is 30.3 Å². The topological polar surface area (TPSA) is 66.8 Å². The van der Waals surface area contributed by atoms with E-state index in [4.69, 9.17) is 33.7 Å². The van der Waals surface area contributed by atoms with Gasteiger partial charge in [0, 0.05) is 0 Å². The number of anilines is 1. The number of thiocarbonyl (C=S) groups is 1. The van der Waals surface area contributed by atoms with Crippen molar-refractivity contribution in [2.45, 2.75) is 6.61 Å². The van der Waals surface area contributed by atoms with Crippen molar-refractivity contribution >= 4 is 63.5 Å². The average Bonchev–Trinajstić information content (AvgIpc) is 3.06. The summed E-state index contributed by atoms with van der Waals surface area (Å²) in [5, 5.41) is 9.48. The monoisotopic (exact) mass is 481 g/mol. The number of carboxylic acid groups (broad SMARTS) is 1. The van der Waals surface area contributed by atoms with E-state index in [0.29, 0.717) is 20.0 Å². The molecular formula is C24H16ClNO4S2. The predicted molar refractivity (Wildman–Crippen MR) is 131 cm³/mol. The number of hydrogen-bond donors (Lipinski definition) is 1. The molecule has 4 rings (SSSR count). The Morgan fingerprint density at radius 1 is 1.09 bits per heavy atom. The molecule has 1 saturated heterocycles. The maximum atomic E-state index is 12.9. The molecule has 0 saturated carbocycles. The molecule has 0 unspecified atom stereocenters. The van der Waals surface area contributed by atoms with Gasteiger partial charge in [0.1, 0.15) is 12.4 Å². The molecule has 0 atom stereocenters. The van der Waals surface area contributed by atoms with Crippen molar-refractivity contribution < 1.29 is 19.4 Å². The van der Waals surface area contributed by atoms with E-state index >= 15 is 0 Å². The lowest BCUT2D eigenvalue weighted by Gasteiger charge is -2.13. The van der Waals surface area contributed by atoms with Crippen molar-refractivity contribution in [3.8, 4) is 5.75 Å². The largest absolute Gasteiger partial charge is 0.487 e. The number of nitrogens with zero attached hydrogens (tertiary/aromatic N) is 1. The number of rotatable bonds is 6. The second-order valence-electron chi connectivity index (χ2n) is 6.84. The Morgan fingerprint density at radius 2 is 1.88 bits per heavy atom. The van der Waals surface area contributed by atoms with E-state index in [1.54, 1.807) is 42.5 Å². The predicted octanol–water partition coefficient (Wildman–Crippen LogP) is 6.02. The van der Waals surface area contributed by atoms with Crippen LogP contribution in [0.5, 0.6) is 5.75 Å². The van der Waals surface area contributed by atoms with Crippen LogP contribution in [0.25, 0.3) is 6.08 Å². The number of benzene rings is 3. The molecule has 160 valence electrons. The van der Waals surface area contributed by atoms with Crippen LogP contribution in [0.15, 0.2) is 77.7 Å². The Hall–Kier alpha value is -3.13. The molecule has 0 aromatic heterocycles. The highest BCUT2D eigenvalue weighted by molar-refractivity contribution is 8.27. The number of aromatic carboxylic acids is 1. The molecule has 32 heavy (non-hydrogen) atoms. The number of hydrogen-bond acceptors (Lipinski definition) is 5. The molecule has 3 aromatic rings. The van der Waals surface area contributed by atoms with Crippen LogP contribution in [0.1, 0.15) is 21.5 Å². The van der Waals surface area contributed by atoms with Crippen molar-refractivity contribution in [1.29, 1.82) is 0 Å². The van der Waals surface area contributed by atoms with Crippen LogP contribution in [0.4, 0.5) is 5.69 Å². The van der Waals surface area contributed by atoms with E-state index in [2.05, 4.69) is 0 Å². The van der Waals surface area contributed by atoms with E-state index in [0.717, 1.165) is 16.8 Å². The van der Waals surface area contributed by atoms with Gasteiger partial charge in [-0.3, -0.25) is 9.69 Å². The zero-order chi connectivity index (χ0) is 22.7. The summed E-state index contributed by atoms with van der Waals surface area (Å²) in [5.74, 6) is -0.714. The number of thioether (sulfide) groups is 1. The van der Waals surface area contributed by atoms with Gasteiger partial charge in [-0.15, -0.1) is 0 Å². The summed E-state index contributed by atoms with van der Waals surface area (Å²) in [6.45, 7) is 0.177. The summed E-state index contributed by atoms with van der Waals surface area (Å²) in [6, 6.07) is 21.0. The number of amides is 1. The molecule has 1 aliphatic rings. The Balaban J connectivity index is 1.48. The fourth-order valence-corrected chi connectivity index (χ4v) is 4.64. The number of para-hydroxylation sites is 1. The van der Waals surface area contributed by atoms with Crippen molar-refractivity contribution in [2.75, 3.05) is 4.90 Å². The summed E-state index contributed by atoms with van der Waals surface area (Å²) in [6.07, 6.45) is 1.74. The Bertz CT molecular complexity index is 1240. The van der Waals surface area contributed by atoms with Gasteiger partial charge >= 0.3 is 5.97 Å². The van der Waals surface area contributed by atoms with Gasteiger partial charge in [-0.05, 0) is 53.6 Å². The first-order chi connectivity index (χ1) is 15.4. The Labute approximate surface area is 199 Å². The van der Waals surface area contributed by atoms with Gasteiger partial charge in [0.05, 0.1) is 21.2 Å². The molecule has 1 N–H and O–H groups in total. The molecule has 1 aliphatic heterocycles. The van der Waals surface area contributed by atoms with Crippen molar-refractivity contribution in [3.05, 3.63) is 99.4 Å². The van der Waals surface area contributed by atoms with Gasteiger partial charge in [0.15, 0.2) is 4.32 Å². The third kappa shape index (κ3) is 4.85. The maximum absolute atomic E-state index is 12.9. The van der Waals surface area contributed by atoms with Crippen molar-refractivity contribution in [1.82, 2.24) is 0 Å². The van der Waals surface area contributed by atoms with Gasteiger partial charge in [0.2, 0.25) is 0 Å². The normalized spacial score (nSPS) is 14.8. The van der Waals surface area contributed by atoms with E-state index in [-0.39, 0.29) is 18.1 Å². The molecule has 1 amide bonds. The fourth-order valence-electron chi connectivity index (χ4n) is 3.10. The highest BCUT2D eigenvalue weighted by Gasteiger charge is 2.33. The third-order valence-electron chi connectivity index (χ3n) is 4.63. The number of ether oxygens (including phenoxy) is 1. The first kappa shape index (κ1) is 22.1. The maximum Gasteiger partial charge on any atom is 0.335 e. The van der Waals surface area contributed by atoms with Crippen LogP contribution in [-0.2, 0) is 11.4 Å². The summed E-state index contributed by atoms with van der Waals surface area (Å²) in [5.41, 5.74) is 2.38. The van der Waals surface area contributed by atoms with Gasteiger partial charge in [0.25, 0.3) is 5.91 Å². The molecule has 0 bridgehead atoms. The standard InChI is InChI=1S/C24H16ClNO4S2/c25-19-12-15(9-10-20(19)30-14-16-5-4-6-17(11-16)23(28)29)13-21-22(27)26(24(31)32-21)18-7-2-1-3-8-18/h1-13H,14H2,(H,28,29)/b21-13+. The van der Waals surface area contributed by atoms with Crippen LogP contribution >= 0.6 is 35.6 Å². The molecule has 1 heterocycles. The van der Waals surface area contributed by atoms with Crippen LogP contribution in [0.3, 0.4) is 0 Å². The lowest BCUT2D eigenvalue weighted by atomic mass is 10.1. The van der Waals surface area contributed by atoms with Crippen LogP contribution in [0, 0.1) is 0 Å². The molecular weight excluding hydrogens is 466 g/mol. The zero-order valence-corrected chi connectivity index (χ0v) is 18.9. The van der Waals surface area contributed by atoms with Crippen LogP contribution in [-0.4, -0.2) is 21.3 Å². The molecule has 0 aliphatic carbocycles. The van der Waals surface area contributed by atoms with Gasteiger partial charge in [-0.25, -0.2) is 4.79 Å². The van der Waals surface area contributed by atoms with E-state index in [1.165, 1.54) is 22.7 Å². The number of carbonyl (C=O) groups is 2. The number of carbonyl (C=O) groups excluding carboxylic acids is 1. The summed E-state index contributed by atoms with van der Waals surface area (Å²) in [7, 11) is 0. The van der Waals surface area contributed by atoms with Gasteiger partial charge in [-0.2, -0.15) is 0 Å². The first-order valence-corrected chi connectivity index (χ1v) is 11.1. The zero-order valence-electron chi connectivity index (χ0n) is 16.5. The number of carboxylic acids is 1. The lowest BCUT2D eigenvalue weighted by molar-refractivity contribution is -0.113. The highest BCUT2D eigenvalue weighted by atomic mass is 35.5. The van der Waals surface area contributed by atoms with E-state index < -0.39 is 5.97 Å². The molecule has 5 nitrogen and oxygen atoms in total. The SMILES string of the molecule is O=C(O)c1cccc(COc2ccc(/C=C3/SC(=S)N(c4ccccc4)C3=O)cc2Cl)c1. The smallest absolute Gasteiger partial charge is 0.335 e. The van der Waals surface area contributed by atoms with Crippen LogP contribution in [0.2, 0.25) is 5.02 Å². The number of halogens is 1. The molecule has 8 heteroatoms. The first-order valence-electron chi connectivity index (χ1n) is 9.50. The van der Waals surface area contributed by atoms with Crippen molar-refractivity contribution in [2.24, 2.45) is 0 Å². The summed E-state index contributed by atoms with van der Waals surface area (Å²) < 4.78 is 6.22. The minimum Gasteiger partial charge on any atom is -0.487 e. The molecule has 0 radical (unpaired) electrons. The molecule has 1 fully saturated rings. The summed E-state index contributed by atoms with van der Waals surface area (Å²) >= 11 is 13.0. The Morgan fingerprint density at radius 3 is 2.59 bits per heavy atom. The lowest BCUT2D eigenvalue weighted by Crippen LogP contribution is -2.27. The highest BCUT2D eigenvalue weighted by Crippen LogP contribution is 2.36. The minimum atomic E-state index is -0.994. The Kier molecular flexibility index (Phi) is 6.60. The second kappa shape index (κ2) is 9.56. The van der Waals surface area contributed by atoms with Gasteiger partial charge in [-0.1, -0.05) is 72.0 Å². The van der Waals surface area contributed by atoms with Crippen molar-refractivity contribution in [3.63, 3.8) is 0 Å². The van der Waals surface area contributed by atoms with E-state index in [9.17, 15) is 9.59 Å². The molecule has 0 spiro atoms. The fraction of sp³-hybridized carbons (Fsp3) is 0.0417. The average molecular weight is 482 g/mol. The minimum absolute atomic E-state index is 0.177. The van der Waals surface area contributed by atoms with Gasteiger partial charge < -0.3 is 9.84 Å².